The van der Waals surface area contributed by atoms with Crippen molar-refractivity contribution in [3.05, 3.63) is 39.3 Å². The zero-order valence-electron chi connectivity index (χ0n) is 11.4. The summed E-state index contributed by atoms with van der Waals surface area (Å²) in [7, 11) is 1.81. The molecule has 0 saturated carbocycles. The van der Waals surface area contributed by atoms with E-state index in [4.69, 9.17) is 5.73 Å². The van der Waals surface area contributed by atoms with Crippen molar-refractivity contribution in [1.82, 2.24) is 15.1 Å². The highest BCUT2D eigenvalue weighted by Gasteiger charge is 2.18. The van der Waals surface area contributed by atoms with Crippen LogP contribution in [0.1, 0.15) is 33.3 Å². The molecule has 2 aromatic heterocycles. The van der Waals surface area contributed by atoms with Gasteiger partial charge in [-0.05, 0) is 30.9 Å². The molecule has 6 heteroatoms. The van der Waals surface area contributed by atoms with Crippen LogP contribution >= 0.6 is 11.3 Å². The number of aromatic nitrogens is 2. The molecule has 1 aliphatic rings. The molecule has 0 aliphatic heterocycles. The summed E-state index contributed by atoms with van der Waals surface area (Å²) in [5.74, 6) is -0.161. The van der Waals surface area contributed by atoms with Crippen LogP contribution in [0.25, 0.3) is 0 Å². The van der Waals surface area contributed by atoms with Gasteiger partial charge in [-0.2, -0.15) is 5.10 Å². The number of nitrogens with zero attached hydrogens (tertiary/aromatic N) is 2. The first-order chi connectivity index (χ1) is 9.63. The van der Waals surface area contributed by atoms with Crippen LogP contribution in [0.3, 0.4) is 0 Å². The summed E-state index contributed by atoms with van der Waals surface area (Å²) in [5.41, 5.74) is 8.12. The van der Waals surface area contributed by atoms with Crippen molar-refractivity contribution in [3.8, 4) is 0 Å². The molecule has 1 unspecified atom stereocenters. The number of aryl methyl sites for hydroxylation is 3. The van der Waals surface area contributed by atoms with Gasteiger partial charge in [-0.3, -0.25) is 9.48 Å². The Morgan fingerprint density at radius 2 is 2.45 bits per heavy atom. The zero-order chi connectivity index (χ0) is 14.1. The lowest BCUT2D eigenvalue weighted by Gasteiger charge is -2.09. The Morgan fingerprint density at radius 3 is 3.15 bits per heavy atom. The van der Waals surface area contributed by atoms with Crippen LogP contribution in [-0.4, -0.2) is 15.7 Å². The highest BCUT2D eigenvalue weighted by atomic mass is 32.1. The number of hydrogen-bond acceptors (Lipinski definition) is 4. The van der Waals surface area contributed by atoms with E-state index < -0.39 is 6.04 Å². The van der Waals surface area contributed by atoms with Crippen LogP contribution in [0.2, 0.25) is 0 Å². The van der Waals surface area contributed by atoms with Gasteiger partial charge in [0.15, 0.2) is 0 Å². The van der Waals surface area contributed by atoms with Gasteiger partial charge >= 0.3 is 0 Å². The molecule has 3 N–H and O–H groups in total. The molecular weight excluding hydrogens is 272 g/mol. The molecule has 2 heterocycles. The Hall–Kier alpha value is -1.66. The average molecular weight is 290 g/mol. The number of thiophene rings is 1. The Morgan fingerprint density at radius 1 is 1.60 bits per heavy atom. The summed E-state index contributed by atoms with van der Waals surface area (Å²) in [6, 6.07) is 1.55. The van der Waals surface area contributed by atoms with E-state index in [1.165, 1.54) is 34.6 Å². The van der Waals surface area contributed by atoms with Crippen LogP contribution in [0, 0.1) is 0 Å². The van der Waals surface area contributed by atoms with Crippen LogP contribution in [0.4, 0.5) is 0 Å². The Bertz CT molecular complexity index is 609. The maximum absolute atomic E-state index is 12.0. The van der Waals surface area contributed by atoms with Crippen molar-refractivity contribution in [3.63, 3.8) is 0 Å². The molecule has 0 spiro atoms. The van der Waals surface area contributed by atoms with E-state index in [1.807, 2.05) is 0 Å². The third kappa shape index (κ3) is 2.62. The standard InChI is InChI=1S/C14H18N4OS/c1-18-8-10(6-17-18)13(15)14(19)16-7-11-5-9-3-2-4-12(9)20-11/h5-6,8,13H,2-4,7,15H2,1H3,(H,16,19). The summed E-state index contributed by atoms with van der Waals surface area (Å²) in [6.45, 7) is 0.560. The van der Waals surface area contributed by atoms with Crippen molar-refractivity contribution >= 4 is 17.2 Å². The molecule has 5 nitrogen and oxygen atoms in total. The van der Waals surface area contributed by atoms with E-state index in [9.17, 15) is 4.79 Å². The smallest absolute Gasteiger partial charge is 0.241 e. The molecule has 0 aromatic carbocycles. The van der Waals surface area contributed by atoms with Gasteiger partial charge in [-0.1, -0.05) is 0 Å². The first-order valence-electron chi connectivity index (χ1n) is 6.76. The van der Waals surface area contributed by atoms with Crippen molar-refractivity contribution in [2.75, 3.05) is 0 Å². The third-order valence-electron chi connectivity index (χ3n) is 3.60. The minimum atomic E-state index is -0.657. The number of rotatable bonds is 4. The highest BCUT2D eigenvalue weighted by Crippen LogP contribution is 2.30. The highest BCUT2D eigenvalue weighted by molar-refractivity contribution is 7.12. The van der Waals surface area contributed by atoms with Crippen LogP contribution in [0.5, 0.6) is 0 Å². The van der Waals surface area contributed by atoms with Crippen molar-refractivity contribution < 1.29 is 4.79 Å². The van der Waals surface area contributed by atoms with Gasteiger partial charge in [-0.15, -0.1) is 11.3 Å². The molecule has 106 valence electrons. The molecule has 20 heavy (non-hydrogen) atoms. The number of amides is 1. The van der Waals surface area contributed by atoms with E-state index >= 15 is 0 Å². The fraction of sp³-hybridized carbons (Fsp3) is 0.429. The number of fused-ring (bicyclic) bond motifs is 1. The minimum Gasteiger partial charge on any atom is -0.350 e. The largest absolute Gasteiger partial charge is 0.350 e. The first kappa shape index (κ1) is 13.3. The topological polar surface area (TPSA) is 72.9 Å². The number of carbonyl (C=O) groups is 1. The van der Waals surface area contributed by atoms with Crippen molar-refractivity contribution in [2.45, 2.75) is 31.8 Å². The first-order valence-corrected chi connectivity index (χ1v) is 7.57. The van der Waals surface area contributed by atoms with Gasteiger partial charge in [0, 0.05) is 28.6 Å². The molecule has 2 aromatic rings. The van der Waals surface area contributed by atoms with Gasteiger partial charge in [0.1, 0.15) is 6.04 Å². The predicted octanol–water partition coefficient (Wildman–Crippen LogP) is 1.29. The number of nitrogens with two attached hydrogens (primary N) is 1. The lowest BCUT2D eigenvalue weighted by Crippen LogP contribution is -2.33. The summed E-state index contributed by atoms with van der Waals surface area (Å²) >= 11 is 1.80. The number of hydrogen-bond donors (Lipinski definition) is 2. The van der Waals surface area contributed by atoms with Crippen molar-refractivity contribution in [2.24, 2.45) is 12.8 Å². The molecule has 0 bridgehead atoms. The van der Waals surface area contributed by atoms with Crippen LogP contribution in [-0.2, 0) is 31.2 Å². The van der Waals surface area contributed by atoms with Crippen LogP contribution in [0.15, 0.2) is 18.5 Å². The molecule has 0 radical (unpaired) electrons. The molecule has 1 amide bonds. The van der Waals surface area contributed by atoms with Gasteiger partial charge in [0.2, 0.25) is 5.91 Å². The van der Waals surface area contributed by atoms with E-state index in [0.717, 1.165) is 5.56 Å². The second-order valence-electron chi connectivity index (χ2n) is 5.16. The number of nitrogens with one attached hydrogen (secondary N) is 1. The molecule has 3 rings (SSSR count). The average Bonchev–Trinajstić information content (AvgIpc) is 3.10. The number of carbonyl (C=O) groups excluding carboxylic acids is 1. The van der Waals surface area contributed by atoms with Crippen molar-refractivity contribution in [1.29, 1.82) is 0 Å². The van der Waals surface area contributed by atoms with E-state index in [2.05, 4.69) is 16.5 Å². The van der Waals surface area contributed by atoms with Gasteiger partial charge in [-0.25, -0.2) is 0 Å². The zero-order valence-corrected chi connectivity index (χ0v) is 12.2. The molecule has 1 aliphatic carbocycles. The lowest BCUT2D eigenvalue weighted by atomic mass is 10.1. The SMILES string of the molecule is Cn1cc(C(N)C(=O)NCc2cc3c(s2)CCC3)cn1. The van der Waals surface area contributed by atoms with E-state index in [0.29, 0.717) is 6.54 Å². The van der Waals surface area contributed by atoms with Gasteiger partial charge < -0.3 is 11.1 Å². The van der Waals surface area contributed by atoms with E-state index in [1.54, 1.807) is 35.5 Å². The third-order valence-corrected chi connectivity index (χ3v) is 4.84. The van der Waals surface area contributed by atoms with E-state index in [-0.39, 0.29) is 5.91 Å². The monoisotopic (exact) mass is 290 g/mol. The molecule has 1 atom stereocenters. The second-order valence-corrected chi connectivity index (χ2v) is 6.38. The second kappa shape index (κ2) is 5.38. The van der Waals surface area contributed by atoms with Gasteiger partial charge in [0.25, 0.3) is 0 Å². The summed E-state index contributed by atoms with van der Waals surface area (Å²) in [6.07, 6.45) is 7.02. The molecule has 0 fully saturated rings. The van der Waals surface area contributed by atoms with Crippen LogP contribution < -0.4 is 11.1 Å². The summed E-state index contributed by atoms with van der Waals surface area (Å²) in [4.78, 5) is 14.7. The fourth-order valence-electron chi connectivity index (χ4n) is 2.51. The minimum absolute atomic E-state index is 0.161. The lowest BCUT2D eigenvalue weighted by molar-refractivity contribution is -0.122. The molecular formula is C14H18N4OS. The summed E-state index contributed by atoms with van der Waals surface area (Å²) < 4.78 is 1.65. The van der Waals surface area contributed by atoms with Gasteiger partial charge in [0.05, 0.1) is 12.7 Å². The fourth-order valence-corrected chi connectivity index (χ4v) is 3.71. The molecule has 0 saturated heterocycles. The maximum atomic E-state index is 12.0. The Labute approximate surface area is 121 Å². The predicted molar refractivity (Wildman–Crippen MR) is 78.3 cm³/mol. The Kier molecular flexibility index (Phi) is 3.58. The Balaban J connectivity index is 1.58. The maximum Gasteiger partial charge on any atom is 0.241 e. The summed E-state index contributed by atoms with van der Waals surface area (Å²) in [5, 5.41) is 6.94. The quantitative estimate of drug-likeness (QED) is 0.891. The normalized spacial score (nSPS) is 15.1.